The van der Waals surface area contributed by atoms with Gasteiger partial charge < -0.3 is 10.1 Å². The Bertz CT molecular complexity index is 456. The molecule has 0 aliphatic carbocycles. The van der Waals surface area contributed by atoms with E-state index in [1.54, 1.807) is 12.1 Å². The van der Waals surface area contributed by atoms with Crippen molar-refractivity contribution in [3.8, 4) is 0 Å². The van der Waals surface area contributed by atoms with Crippen molar-refractivity contribution in [1.29, 1.82) is 0 Å². The van der Waals surface area contributed by atoms with Crippen LogP contribution in [0.3, 0.4) is 0 Å². The van der Waals surface area contributed by atoms with Crippen LogP contribution in [0.2, 0.25) is 0 Å². The fourth-order valence-electron chi connectivity index (χ4n) is 1.52. The molecule has 1 aliphatic rings. The average molecular weight is 270 g/mol. The molecule has 0 saturated carbocycles. The molecule has 4 nitrogen and oxygen atoms in total. The molecule has 1 aromatic rings. The first-order valence-corrected chi connectivity index (χ1v) is 5.11. The summed E-state index contributed by atoms with van der Waals surface area (Å²) in [7, 11) is 1.32. The Morgan fingerprint density at radius 3 is 2.93 bits per heavy atom. The lowest BCUT2D eigenvalue weighted by atomic mass is 10.1. The molecular formula is C10H8BrNO3. The summed E-state index contributed by atoms with van der Waals surface area (Å²) in [5.41, 5.74) is 1.98. The average Bonchev–Trinajstić information content (AvgIpc) is 2.58. The number of carbonyl (C=O) groups excluding carboxylic acids is 2. The van der Waals surface area contributed by atoms with Crippen LogP contribution in [-0.2, 0) is 16.0 Å². The molecule has 0 aromatic heterocycles. The van der Waals surface area contributed by atoms with Gasteiger partial charge in [-0.3, -0.25) is 4.79 Å². The van der Waals surface area contributed by atoms with Gasteiger partial charge in [0.2, 0.25) is 5.91 Å². The Morgan fingerprint density at radius 2 is 2.27 bits per heavy atom. The van der Waals surface area contributed by atoms with Crippen molar-refractivity contribution in [3.05, 3.63) is 27.7 Å². The highest BCUT2D eigenvalue weighted by molar-refractivity contribution is 9.10. The van der Waals surface area contributed by atoms with Crippen LogP contribution in [0.1, 0.15) is 15.9 Å². The van der Waals surface area contributed by atoms with E-state index in [4.69, 9.17) is 0 Å². The lowest BCUT2D eigenvalue weighted by Gasteiger charge is -2.04. The van der Waals surface area contributed by atoms with Crippen LogP contribution >= 0.6 is 15.9 Å². The Kier molecular flexibility index (Phi) is 2.48. The second-order valence-electron chi connectivity index (χ2n) is 3.20. The molecule has 0 spiro atoms. The summed E-state index contributed by atoms with van der Waals surface area (Å²) in [6.45, 7) is 0. The summed E-state index contributed by atoms with van der Waals surface area (Å²) in [6.07, 6.45) is 0.345. The van der Waals surface area contributed by atoms with E-state index in [0.29, 0.717) is 17.7 Å². The molecular weight excluding hydrogens is 262 g/mol. The van der Waals surface area contributed by atoms with E-state index in [1.807, 2.05) is 0 Å². The summed E-state index contributed by atoms with van der Waals surface area (Å²) >= 11 is 3.32. The highest BCUT2D eigenvalue weighted by Gasteiger charge is 2.22. The lowest BCUT2D eigenvalue weighted by Crippen LogP contribution is -2.04. The van der Waals surface area contributed by atoms with Crippen LogP contribution in [0.5, 0.6) is 0 Å². The summed E-state index contributed by atoms with van der Waals surface area (Å²) < 4.78 is 5.35. The number of halogens is 1. The molecule has 5 heteroatoms. The molecule has 1 heterocycles. The number of esters is 1. The number of benzene rings is 1. The van der Waals surface area contributed by atoms with E-state index < -0.39 is 5.97 Å². The third-order valence-corrected chi connectivity index (χ3v) is 2.94. The SMILES string of the molecule is COC(=O)c1cc(Br)c2c(c1)NC(=O)C2. The van der Waals surface area contributed by atoms with E-state index in [9.17, 15) is 9.59 Å². The Balaban J connectivity index is 2.48. The molecule has 15 heavy (non-hydrogen) atoms. The largest absolute Gasteiger partial charge is 0.465 e. The molecule has 78 valence electrons. The first kappa shape index (κ1) is 10.2. The second-order valence-corrected chi connectivity index (χ2v) is 4.06. The predicted molar refractivity (Wildman–Crippen MR) is 57.8 cm³/mol. The number of amides is 1. The zero-order valence-electron chi connectivity index (χ0n) is 7.96. The van der Waals surface area contributed by atoms with Gasteiger partial charge in [-0.1, -0.05) is 15.9 Å². The first-order valence-electron chi connectivity index (χ1n) is 4.32. The molecule has 1 aliphatic heterocycles. The van der Waals surface area contributed by atoms with Crippen molar-refractivity contribution < 1.29 is 14.3 Å². The number of ether oxygens (including phenoxy) is 1. The number of hydrogen-bond acceptors (Lipinski definition) is 3. The number of carbonyl (C=O) groups is 2. The van der Waals surface area contributed by atoms with Gasteiger partial charge in [-0.2, -0.15) is 0 Å². The minimum absolute atomic E-state index is 0.0623. The predicted octanol–water partition coefficient (Wildman–Crippen LogP) is 1.73. The molecule has 1 N–H and O–H groups in total. The van der Waals surface area contributed by atoms with Crippen molar-refractivity contribution in [2.24, 2.45) is 0 Å². The van der Waals surface area contributed by atoms with Crippen LogP contribution < -0.4 is 5.32 Å². The van der Waals surface area contributed by atoms with Crippen molar-refractivity contribution in [2.75, 3.05) is 12.4 Å². The van der Waals surface area contributed by atoms with E-state index in [0.717, 1.165) is 10.0 Å². The first-order chi connectivity index (χ1) is 7.11. The van der Waals surface area contributed by atoms with Crippen molar-refractivity contribution in [3.63, 3.8) is 0 Å². The Hall–Kier alpha value is -1.36. The molecule has 0 fully saturated rings. The number of hydrogen-bond donors (Lipinski definition) is 1. The quantitative estimate of drug-likeness (QED) is 0.790. The number of methoxy groups -OCH3 is 1. The number of fused-ring (bicyclic) bond motifs is 1. The summed E-state index contributed by atoms with van der Waals surface area (Å²) in [5, 5.41) is 2.68. The third-order valence-electron chi connectivity index (χ3n) is 2.23. The van der Waals surface area contributed by atoms with E-state index in [2.05, 4.69) is 26.0 Å². The summed E-state index contributed by atoms with van der Waals surface area (Å²) in [6, 6.07) is 3.28. The monoisotopic (exact) mass is 269 g/mol. The molecule has 1 aromatic carbocycles. The summed E-state index contributed by atoms with van der Waals surface area (Å²) in [4.78, 5) is 22.4. The maximum Gasteiger partial charge on any atom is 0.337 e. The van der Waals surface area contributed by atoms with E-state index in [1.165, 1.54) is 7.11 Å². The van der Waals surface area contributed by atoms with Crippen LogP contribution in [0.4, 0.5) is 5.69 Å². The molecule has 1 amide bonds. The molecule has 0 unspecified atom stereocenters. The number of nitrogens with one attached hydrogen (secondary N) is 1. The van der Waals surface area contributed by atoms with E-state index in [-0.39, 0.29) is 5.91 Å². The summed E-state index contributed by atoms with van der Waals surface area (Å²) in [5.74, 6) is -0.479. The standard InChI is InChI=1S/C10H8BrNO3/c1-15-10(14)5-2-7(11)6-4-9(13)12-8(6)3-5/h2-3H,4H2,1H3,(H,12,13). The van der Waals surface area contributed by atoms with Gasteiger partial charge in [0.25, 0.3) is 0 Å². The highest BCUT2D eigenvalue weighted by atomic mass is 79.9. The van der Waals surface area contributed by atoms with Gasteiger partial charge >= 0.3 is 5.97 Å². The van der Waals surface area contributed by atoms with Crippen molar-refractivity contribution in [1.82, 2.24) is 0 Å². The molecule has 0 atom stereocenters. The number of rotatable bonds is 1. The maximum atomic E-state index is 11.3. The smallest absolute Gasteiger partial charge is 0.337 e. The minimum Gasteiger partial charge on any atom is -0.465 e. The van der Waals surface area contributed by atoms with Gasteiger partial charge in [0.1, 0.15) is 0 Å². The van der Waals surface area contributed by atoms with Crippen molar-refractivity contribution in [2.45, 2.75) is 6.42 Å². The van der Waals surface area contributed by atoms with E-state index >= 15 is 0 Å². The van der Waals surface area contributed by atoms with Crippen LogP contribution in [0.15, 0.2) is 16.6 Å². The topological polar surface area (TPSA) is 55.4 Å². The van der Waals surface area contributed by atoms with Gasteiger partial charge in [-0.05, 0) is 17.7 Å². The van der Waals surface area contributed by atoms with Gasteiger partial charge in [-0.15, -0.1) is 0 Å². The molecule has 0 bridgehead atoms. The van der Waals surface area contributed by atoms with Crippen LogP contribution in [-0.4, -0.2) is 19.0 Å². The number of anilines is 1. The van der Waals surface area contributed by atoms with Gasteiger partial charge in [0.05, 0.1) is 19.1 Å². The van der Waals surface area contributed by atoms with Gasteiger partial charge in [0.15, 0.2) is 0 Å². The Labute approximate surface area is 94.7 Å². The lowest BCUT2D eigenvalue weighted by molar-refractivity contribution is -0.115. The van der Waals surface area contributed by atoms with Gasteiger partial charge in [0, 0.05) is 10.2 Å². The van der Waals surface area contributed by atoms with Gasteiger partial charge in [-0.25, -0.2) is 4.79 Å². The minimum atomic E-state index is -0.417. The van der Waals surface area contributed by atoms with Crippen LogP contribution in [0, 0.1) is 0 Å². The van der Waals surface area contributed by atoms with Crippen molar-refractivity contribution >= 4 is 33.5 Å². The second kappa shape index (κ2) is 3.66. The van der Waals surface area contributed by atoms with Crippen LogP contribution in [0.25, 0.3) is 0 Å². The third kappa shape index (κ3) is 1.74. The Morgan fingerprint density at radius 1 is 1.53 bits per heavy atom. The fraction of sp³-hybridized carbons (Fsp3) is 0.200. The zero-order valence-corrected chi connectivity index (χ0v) is 9.55. The maximum absolute atomic E-state index is 11.3. The molecule has 0 radical (unpaired) electrons. The fourth-order valence-corrected chi connectivity index (χ4v) is 2.12. The zero-order chi connectivity index (χ0) is 11.0. The molecule has 0 saturated heterocycles. The highest BCUT2D eigenvalue weighted by Crippen LogP contribution is 2.31. The normalized spacial score (nSPS) is 13.3. The molecule has 2 rings (SSSR count).